The summed E-state index contributed by atoms with van der Waals surface area (Å²) >= 11 is 0. The minimum atomic E-state index is -0.163. The second-order valence-corrected chi connectivity index (χ2v) is 5.65. The molecule has 0 amide bonds. The van der Waals surface area contributed by atoms with Crippen molar-refractivity contribution < 1.29 is 9.13 Å². The molecule has 1 aliphatic carbocycles. The topological polar surface area (TPSA) is 21.3 Å². The molecule has 0 atom stereocenters. The molecule has 1 fully saturated rings. The molecule has 1 saturated carbocycles. The molecule has 0 heterocycles. The highest BCUT2D eigenvalue weighted by Gasteiger charge is 2.19. The summed E-state index contributed by atoms with van der Waals surface area (Å²) in [5, 5.41) is 3.08. The van der Waals surface area contributed by atoms with Gasteiger partial charge in [0.05, 0.1) is 12.7 Å². The molecule has 0 spiro atoms. The molecule has 106 valence electrons. The lowest BCUT2D eigenvalue weighted by Gasteiger charge is -2.26. The van der Waals surface area contributed by atoms with E-state index in [-0.39, 0.29) is 5.82 Å². The molecule has 0 bridgehead atoms. The van der Waals surface area contributed by atoms with Crippen molar-refractivity contribution in [2.45, 2.75) is 51.9 Å². The first-order valence-corrected chi connectivity index (χ1v) is 7.22. The first-order valence-electron chi connectivity index (χ1n) is 7.22. The summed E-state index contributed by atoms with van der Waals surface area (Å²) in [5.74, 6) is 0.652. The van der Waals surface area contributed by atoms with Crippen LogP contribution in [0.3, 0.4) is 0 Å². The Morgan fingerprint density at radius 1 is 1.26 bits per heavy atom. The average molecular weight is 265 g/mol. The van der Waals surface area contributed by atoms with E-state index in [9.17, 15) is 4.39 Å². The third-order valence-corrected chi connectivity index (χ3v) is 3.93. The Kier molecular flexibility index (Phi) is 5.34. The van der Waals surface area contributed by atoms with Gasteiger partial charge in [0.2, 0.25) is 0 Å². The lowest BCUT2D eigenvalue weighted by Crippen LogP contribution is -2.20. The van der Waals surface area contributed by atoms with Gasteiger partial charge in [-0.15, -0.1) is 0 Å². The predicted molar refractivity (Wildman–Crippen MR) is 75.4 cm³/mol. The molecular weight excluding hydrogens is 241 g/mol. The lowest BCUT2D eigenvalue weighted by atomic mass is 9.89. The normalized spacial score (nSPS) is 23.5. The van der Waals surface area contributed by atoms with Gasteiger partial charge in [0.25, 0.3) is 0 Å². The van der Waals surface area contributed by atoms with Crippen LogP contribution in [0.25, 0.3) is 0 Å². The number of hydrogen-bond acceptors (Lipinski definition) is 2. The van der Waals surface area contributed by atoms with Gasteiger partial charge >= 0.3 is 0 Å². The van der Waals surface area contributed by atoms with Crippen LogP contribution in [0.4, 0.5) is 4.39 Å². The Bertz CT molecular complexity index is 400. The van der Waals surface area contributed by atoms with Crippen LogP contribution in [0.5, 0.6) is 0 Å². The molecule has 1 aromatic carbocycles. The van der Waals surface area contributed by atoms with Gasteiger partial charge in [0, 0.05) is 12.1 Å². The second-order valence-electron chi connectivity index (χ2n) is 5.65. The van der Waals surface area contributed by atoms with Crippen LogP contribution in [0.15, 0.2) is 18.2 Å². The van der Waals surface area contributed by atoms with Crippen molar-refractivity contribution in [1.82, 2.24) is 5.32 Å². The minimum absolute atomic E-state index is 0.163. The molecule has 1 N–H and O–H groups in total. The average Bonchev–Trinajstić information content (AvgIpc) is 2.41. The van der Waals surface area contributed by atoms with E-state index in [0.29, 0.717) is 18.3 Å². The zero-order valence-electron chi connectivity index (χ0n) is 11.9. The van der Waals surface area contributed by atoms with Crippen LogP contribution < -0.4 is 5.32 Å². The van der Waals surface area contributed by atoms with Crippen molar-refractivity contribution in [3.05, 3.63) is 35.1 Å². The van der Waals surface area contributed by atoms with Crippen LogP contribution in [0.2, 0.25) is 0 Å². The van der Waals surface area contributed by atoms with Crippen LogP contribution in [-0.2, 0) is 17.9 Å². The van der Waals surface area contributed by atoms with E-state index in [1.54, 1.807) is 0 Å². The molecule has 0 radical (unpaired) electrons. The zero-order chi connectivity index (χ0) is 13.7. The lowest BCUT2D eigenvalue weighted by molar-refractivity contribution is 0.00757. The summed E-state index contributed by atoms with van der Waals surface area (Å²) in [6.45, 7) is 3.44. The maximum absolute atomic E-state index is 13.7. The van der Waals surface area contributed by atoms with Crippen LogP contribution >= 0.6 is 0 Å². The number of hydrogen-bond donors (Lipinski definition) is 1. The summed E-state index contributed by atoms with van der Waals surface area (Å²) in [4.78, 5) is 0. The highest BCUT2D eigenvalue weighted by Crippen LogP contribution is 2.26. The maximum atomic E-state index is 13.7. The van der Waals surface area contributed by atoms with Gasteiger partial charge in [-0.2, -0.15) is 0 Å². The molecule has 0 aliphatic heterocycles. The van der Waals surface area contributed by atoms with Gasteiger partial charge in [-0.3, -0.25) is 0 Å². The van der Waals surface area contributed by atoms with Crippen molar-refractivity contribution in [3.8, 4) is 0 Å². The standard InChI is InChI=1S/C16H24FNO/c1-12-3-6-15(7-4-12)19-11-14-9-13(10-18-2)5-8-16(14)17/h5,8-9,12,15,18H,3-4,6-7,10-11H2,1-2H3. The van der Waals surface area contributed by atoms with E-state index in [0.717, 1.165) is 30.9 Å². The van der Waals surface area contributed by atoms with Gasteiger partial charge in [-0.25, -0.2) is 4.39 Å². The largest absolute Gasteiger partial charge is 0.373 e. The molecule has 2 rings (SSSR count). The SMILES string of the molecule is CNCc1ccc(F)c(COC2CCC(C)CC2)c1. The van der Waals surface area contributed by atoms with Gasteiger partial charge in [-0.1, -0.05) is 13.0 Å². The monoisotopic (exact) mass is 265 g/mol. The number of halogens is 1. The van der Waals surface area contributed by atoms with E-state index in [1.165, 1.54) is 18.9 Å². The zero-order valence-corrected chi connectivity index (χ0v) is 11.9. The number of rotatable bonds is 5. The third-order valence-electron chi connectivity index (χ3n) is 3.93. The smallest absolute Gasteiger partial charge is 0.128 e. The summed E-state index contributed by atoms with van der Waals surface area (Å²) < 4.78 is 19.6. The molecule has 1 aliphatic rings. The quantitative estimate of drug-likeness (QED) is 0.877. The van der Waals surface area contributed by atoms with Crippen molar-refractivity contribution in [3.63, 3.8) is 0 Å². The van der Waals surface area contributed by atoms with Crippen molar-refractivity contribution in [2.75, 3.05) is 7.05 Å². The molecule has 1 aromatic rings. The van der Waals surface area contributed by atoms with Gasteiger partial charge in [0.1, 0.15) is 5.82 Å². The Morgan fingerprint density at radius 2 is 2.00 bits per heavy atom. The number of benzene rings is 1. The van der Waals surface area contributed by atoms with Crippen LogP contribution in [0.1, 0.15) is 43.7 Å². The number of ether oxygens (including phenoxy) is 1. The van der Waals surface area contributed by atoms with Gasteiger partial charge < -0.3 is 10.1 Å². The van der Waals surface area contributed by atoms with E-state index >= 15 is 0 Å². The van der Waals surface area contributed by atoms with E-state index < -0.39 is 0 Å². The predicted octanol–water partition coefficient (Wildman–Crippen LogP) is 3.64. The highest BCUT2D eigenvalue weighted by molar-refractivity contribution is 5.24. The third kappa shape index (κ3) is 4.29. The number of nitrogens with one attached hydrogen (secondary N) is 1. The fourth-order valence-electron chi connectivity index (χ4n) is 2.66. The Morgan fingerprint density at radius 3 is 2.68 bits per heavy atom. The first-order chi connectivity index (χ1) is 9.19. The maximum Gasteiger partial charge on any atom is 0.128 e. The summed E-state index contributed by atoms with van der Waals surface area (Å²) in [6.07, 6.45) is 4.99. The molecule has 0 unspecified atom stereocenters. The fraction of sp³-hybridized carbons (Fsp3) is 0.625. The summed E-state index contributed by atoms with van der Waals surface area (Å²) in [5.41, 5.74) is 1.77. The van der Waals surface area contributed by atoms with Crippen molar-refractivity contribution >= 4 is 0 Å². The molecule has 2 nitrogen and oxygen atoms in total. The Labute approximate surface area is 115 Å². The summed E-state index contributed by atoms with van der Waals surface area (Å²) in [6, 6.07) is 5.25. The molecule has 19 heavy (non-hydrogen) atoms. The van der Waals surface area contributed by atoms with E-state index in [4.69, 9.17) is 4.74 Å². The highest BCUT2D eigenvalue weighted by atomic mass is 19.1. The van der Waals surface area contributed by atoms with Crippen molar-refractivity contribution in [1.29, 1.82) is 0 Å². The van der Waals surface area contributed by atoms with Crippen LogP contribution in [-0.4, -0.2) is 13.2 Å². The van der Waals surface area contributed by atoms with Gasteiger partial charge in [0.15, 0.2) is 0 Å². The molecule has 0 aromatic heterocycles. The minimum Gasteiger partial charge on any atom is -0.373 e. The van der Waals surface area contributed by atoms with Crippen molar-refractivity contribution in [2.24, 2.45) is 5.92 Å². The van der Waals surface area contributed by atoms with E-state index in [2.05, 4.69) is 12.2 Å². The summed E-state index contributed by atoms with van der Waals surface area (Å²) in [7, 11) is 1.89. The van der Waals surface area contributed by atoms with Crippen LogP contribution in [0, 0.1) is 11.7 Å². The molecular formula is C16H24FNO. The first kappa shape index (κ1) is 14.5. The Hall–Kier alpha value is -0.930. The van der Waals surface area contributed by atoms with E-state index in [1.807, 2.05) is 19.2 Å². The molecule has 3 heteroatoms. The van der Waals surface area contributed by atoms with Gasteiger partial charge in [-0.05, 0) is 56.3 Å². The molecule has 0 saturated heterocycles. The second kappa shape index (κ2) is 7.01. The fourth-order valence-corrected chi connectivity index (χ4v) is 2.66. The Balaban J connectivity index is 1.89.